The molecule has 1 fully saturated rings. The number of rotatable bonds is 18. The zero-order chi connectivity index (χ0) is 37.9. The van der Waals surface area contributed by atoms with Crippen LogP contribution in [0.1, 0.15) is 102 Å². The first-order chi connectivity index (χ1) is 25.0. The number of nitrogens with two attached hydrogens (primary N) is 2. The third-order valence-electron chi connectivity index (χ3n) is 9.84. The van der Waals surface area contributed by atoms with E-state index in [0.29, 0.717) is 58.0 Å². The summed E-state index contributed by atoms with van der Waals surface area (Å²) in [4.78, 5) is 80.1. The summed E-state index contributed by atoms with van der Waals surface area (Å²) in [5, 5.41) is 21.3. The summed E-state index contributed by atoms with van der Waals surface area (Å²) in [6.07, 6.45) is 11.3. The molecule has 288 valence electrons. The third kappa shape index (κ3) is 15.2. The van der Waals surface area contributed by atoms with Crippen molar-refractivity contribution in [2.45, 2.75) is 127 Å². The molecular formula is C38H57BrN6O7. The number of hydrogen-bond acceptors (Lipinski definition) is 8. The minimum absolute atomic E-state index is 0.0585. The number of carboxylic acids is 1. The fraction of sp³-hybridized carbons (Fsp3) is 0.632. The monoisotopic (exact) mass is 788 g/mol. The summed E-state index contributed by atoms with van der Waals surface area (Å²) in [7, 11) is 0. The molecule has 14 heteroatoms. The number of Topliss-reactive ketones (excluding diaryl/α,β-unsaturated/α-hetero) is 1. The van der Waals surface area contributed by atoms with Crippen LogP contribution in [-0.2, 0) is 35.2 Å². The smallest absolute Gasteiger partial charge is 0.306 e. The number of carboxylic acid groups (broad SMARTS) is 1. The van der Waals surface area contributed by atoms with Gasteiger partial charge in [-0.1, -0.05) is 65.9 Å². The maximum Gasteiger partial charge on any atom is 0.306 e. The molecule has 9 N–H and O–H groups in total. The highest BCUT2D eigenvalue weighted by Crippen LogP contribution is 2.32. The Hall–Kier alpha value is -3.62. The Balaban J connectivity index is 1.86. The van der Waals surface area contributed by atoms with Crippen LogP contribution >= 0.6 is 15.9 Å². The average molecular weight is 790 g/mol. The van der Waals surface area contributed by atoms with Crippen LogP contribution < -0.4 is 32.7 Å². The van der Waals surface area contributed by atoms with Crippen LogP contribution in [0.15, 0.2) is 40.9 Å². The summed E-state index contributed by atoms with van der Waals surface area (Å²) in [5.74, 6) is -4.06. The van der Waals surface area contributed by atoms with Gasteiger partial charge in [0.25, 0.3) is 0 Å². The number of aliphatic carboxylic acids is 1. The number of unbranched alkanes of at least 4 members (excludes halogenated alkanes) is 2. The molecule has 1 aliphatic heterocycles. The van der Waals surface area contributed by atoms with Crippen LogP contribution in [0, 0.1) is 11.8 Å². The van der Waals surface area contributed by atoms with Gasteiger partial charge in [0.1, 0.15) is 18.1 Å². The Morgan fingerprint density at radius 1 is 0.865 bits per heavy atom. The van der Waals surface area contributed by atoms with E-state index in [9.17, 15) is 33.9 Å². The van der Waals surface area contributed by atoms with Gasteiger partial charge in [-0.05, 0) is 101 Å². The molecule has 1 heterocycles. The topological polar surface area (TPSA) is 223 Å². The summed E-state index contributed by atoms with van der Waals surface area (Å²) >= 11 is 3.42. The second-order valence-electron chi connectivity index (χ2n) is 14.0. The predicted octanol–water partition coefficient (Wildman–Crippen LogP) is 3.17. The Bertz CT molecular complexity index is 1370. The fourth-order valence-electron chi connectivity index (χ4n) is 6.81. The van der Waals surface area contributed by atoms with Crippen molar-refractivity contribution in [2.75, 3.05) is 13.1 Å². The number of carbonyl (C=O) groups is 6. The van der Waals surface area contributed by atoms with Gasteiger partial charge in [-0.15, -0.1) is 0 Å². The standard InChI is InChI=1S/C38H57BrN6O7/c39-28-18-16-26(17-19-28)23-32(33(46)24-27(38(51)52)22-25-10-4-5-11-25)45-37(50)30-12-2-1-3-15-34(47)42-29(13-6-8-20-40)35(48)43-31(36(49)44-30)14-7-9-21-41/h1-2,16-19,25,27,29-32H,3-15,20-24,40-41H2,(H,42,47)(H,43,48)(H,44,49)(H,45,50)(H,51,52)/t27-,29+,30+,31+,32+/m1/s1. The lowest BCUT2D eigenvalue weighted by Crippen LogP contribution is -2.58. The van der Waals surface area contributed by atoms with Crippen molar-refractivity contribution in [1.82, 2.24) is 21.3 Å². The number of benzene rings is 1. The molecule has 5 atom stereocenters. The molecule has 0 aromatic heterocycles. The normalized spacial score (nSPS) is 21.7. The van der Waals surface area contributed by atoms with E-state index in [0.717, 1.165) is 35.7 Å². The number of amides is 4. The summed E-state index contributed by atoms with van der Waals surface area (Å²) in [6.45, 7) is 0.837. The third-order valence-corrected chi connectivity index (χ3v) is 10.4. The van der Waals surface area contributed by atoms with Crippen molar-refractivity contribution in [2.24, 2.45) is 23.3 Å². The molecule has 13 nitrogen and oxygen atoms in total. The molecule has 1 aromatic rings. The van der Waals surface area contributed by atoms with Gasteiger partial charge < -0.3 is 37.8 Å². The molecule has 1 saturated carbocycles. The second kappa shape index (κ2) is 23.1. The van der Waals surface area contributed by atoms with Gasteiger partial charge in [-0.3, -0.25) is 28.8 Å². The Morgan fingerprint density at radius 3 is 2.10 bits per heavy atom. The molecule has 4 amide bonds. The molecule has 3 rings (SSSR count). The molecule has 0 bridgehead atoms. The summed E-state index contributed by atoms with van der Waals surface area (Å²) in [5.41, 5.74) is 12.1. The summed E-state index contributed by atoms with van der Waals surface area (Å²) < 4.78 is 0.840. The molecule has 0 saturated heterocycles. The van der Waals surface area contributed by atoms with Crippen LogP contribution in [0.3, 0.4) is 0 Å². The second-order valence-corrected chi connectivity index (χ2v) is 15.0. The van der Waals surface area contributed by atoms with Gasteiger partial charge in [0.2, 0.25) is 23.6 Å². The molecule has 0 spiro atoms. The van der Waals surface area contributed by atoms with Gasteiger partial charge in [0.05, 0.1) is 12.0 Å². The highest BCUT2D eigenvalue weighted by atomic mass is 79.9. The van der Waals surface area contributed by atoms with E-state index >= 15 is 0 Å². The van der Waals surface area contributed by atoms with Crippen LogP contribution in [0.4, 0.5) is 0 Å². The zero-order valence-electron chi connectivity index (χ0n) is 30.1. The number of ketones is 1. The van der Waals surface area contributed by atoms with Gasteiger partial charge in [0.15, 0.2) is 5.78 Å². The maximum atomic E-state index is 14.0. The highest BCUT2D eigenvalue weighted by Gasteiger charge is 2.33. The van der Waals surface area contributed by atoms with Gasteiger partial charge >= 0.3 is 5.97 Å². The van der Waals surface area contributed by atoms with Gasteiger partial charge in [0, 0.05) is 17.3 Å². The number of carbonyl (C=O) groups excluding carboxylic acids is 5. The van der Waals surface area contributed by atoms with E-state index in [4.69, 9.17) is 11.5 Å². The lowest BCUT2D eigenvalue weighted by molar-refractivity contribution is -0.144. The van der Waals surface area contributed by atoms with Gasteiger partial charge in [-0.2, -0.15) is 0 Å². The Morgan fingerprint density at radius 2 is 1.48 bits per heavy atom. The average Bonchev–Trinajstić information content (AvgIpc) is 3.63. The Kier molecular flexibility index (Phi) is 19.0. The number of hydrogen-bond donors (Lipinski definition) is 7. The van der Waals surface area contributed by atoms with E-state index < -0.39 is 59.6 Å². The van der Waals surface area contributed by atoms with Crippen molar-refractivity contribution >= 4 is 51.3 Å². The van der Waals surface area contributed by atoms with Crippen molar-refractivity contribution in [1.29, 1.82) is 0 Å². The predicted molar refractivity (Wildman–Crippen MR) is 202 cm³/mol. The number of halogens is 1. The van der Waals surface area contributed by atoms with Gasteiger partial charge in [-0.25, -0.2) is 0 Å². The molecule has 0 unspecified atom stereocenters. The molecular weight excluding hydrogens is 732 g/mol. The molecule has 1 aliphatic carbocycles. The largest absolute Gasteiger partial charge is 0.481 e. The first-order valence-electron chi connectivity index (χ1n) is 18.8. The zero-order valence-corrected chi connectivity index (χ0v) is 31.7. The van der Waals surface area contributed by atoms with Crippen molar-refractivity contribution in [3.05, 3.63) is 46.5 Å². The lowest BCUT2D eigenvalue weighted by Gasteiger charge is -2.27. The fourth-order valence-corrected chi connectivity index (χ4v) is 7.07. The number of nitrogens with one attached hydrogen (secondary N) is 4. The van der Waals surface area contributed by atoms with E-state index in [1.807, 2.05) is 24.3 Å². The highest BCUT2D eigenvalue weighted by molar-refractivity contribution is 9.10. The Labute approximate surface area is 315 Å². The molecule has 52 heavy (non-hydrogen) atoms. The van der Waals surface area contributed by atoms with Crippen LogP contribution in [0.2, 0.25) is 0 Å². The van der Waals surface area contributed by atoms with Crippen LogP contribution in [0.25, 0.3) is 0 Å². The lowest BCUT2D eigenvalue weighted by atomic mass is 9.87. The minimum Gasteiger partial charge on any atom is -0.481 e. The molecule has 2 aliphatic rings. The summed E-state index contributed by atoms with van der Waals surface area (Å²) in [6, 6.07) is 3.25. The van der Waals surface area contributed by atoms with Crippen LogP contribution in [-0.4, -0.2) is 77.7 Å². The van der Waals surface area contributed by atoms with E-state index in [-0.39, 0.29) is 43.9 Å². The first-order valence-corrected chi connectivity index (χ1v) is 19.6. The van der Waals surface area contributed by atoms with Crippen LogP contribution in [0.5, 0.6) is 0 Å². The van der Waals surface area contributed by atoms with Crippen molar-refractivity contribution < 1.29 is 33.9 Å². The molecule has 0 radical (unpaired) electrons. The first kappa shape index (κ1) is 42.8. The van der Waals surface area contributed by atoms with Crippen molar-refractivity contribution in [3.8, 4) is 0 Å². The van der Waals surface area contributed by atoms with Crippen molar-refractivity contribution in [3.63, 3.8) is 0 Å². The molecule has 1 aromatic carbocycles. The SMILES string of the molecule is NCCCC[C@@H]1NC(=O)CCC=CC[C@@H](C(=O)N[C@@H](Cc2ccc(Br)cc2)C(=O)C[C@@H](CC2CCCC2)C(=O)O)NC(=O)[C@H](CCCCN)NC1=O. The van der Waals surface area contributed by atoms with E-state index in [1.54, 1.807) is 12.2 Å². The number of allylic oxidation sites excluding steroid dienone is 1. The van der Waals surface area contributed by atoms with E-state index in [1.165, 1.54) is 0 Å². The van der Waals surface area contributed by atoms with E-state index in [2.05, 4.69) is 37.2 Å². The quantitative estimate of drug-likeness (QED) is 0.0856. The minimum atomic E-state index is -1.12. The maximum absolute atomic E-state index is 14.0.